The Morgan fingerprint density at radius 1 is 1.12 bits per heavy atom. The molecule has 2 aromatic rings. The van der Waals surface area contributed by atoms with Crippen LogP contribution in [-0.4, -0.2) is 28.9 Å². The standard InChI is InChI=1S/C20H26N2O2/c23-19(13-15-7-2-1-3-8-15)22-12-6-9-16(14-22)20-21-17-10-4-5-11-18(17)24-20/h4-5,10-11,15-16H,1-3,6-9,12-14H2/t16-/m1/s1. The number of carbonyl (C=O) groups is 1. The normalized spacial score (nSPS) is 22.8. The third kappa shape index (κ3) is 3.33. The lowest BCUT2D eigenvalue weighted by molar-refractivity contribution is -0.133. The fourth-order valence-corrected chi connectivity index (χ4v) is 4.24. The molecule has 1 aromatic carbocycles. The first-order chi connectivity index (χ1) is 11.8. The maximum absolute atomic E-state index is 12.7. The minimum Gasteiger partial charge on any atom is -0.440 e. The van der Waals surface area contributed by atoms with Crippen molar-refractivity contribution in [2.75, 3.05) is 13.1 Å². The molecule has 0 radical (unpaired) electrons. The van der Waals surface area contributed by atoms with Gasteiger partial charge in [0, 0.05) is 19.5 Å². The monoisotopic (exact) mass is 326 g/mol. The van der Waals surface area contributed by atoms with E-state index < -0.39 is 0 Å². The van der Waals surface area contributed by atoms with Gasteiger partial charge in [-0.25, -0.2) is 4.98 Å². The number of benzene rings is 1. The molecule has 1 saturated heterocycles. The van der Waals surface area contributed by atoms with Crippen LogP contribution in [0.4, 0.5) is 0 Å². The molecule has 1 saturated carbocycles. The summed E-state index contributed by atoms with van der Waals surface area (Å²) >= 11 is 0. The highest BCUT2D eigenvalue weighted by Crippen LogP contribution is 2.31. The molecule has 2 heterocycles. The van der Waals surface area contributed by atoms with Gasteiger partial charge in [-0.05, 0) is 43.7 Å². The molecule has 1 aliphatic heterocycles. The van der Waals surface area contributed by atoms with Crippen LogP contribution in [0.25, 0.3) is 11.1 Å². The Balaban J connectivity index is 1.42. The molecule has 4 nitrogen and oxygen atoms in total. The lowest BCUT2D eigenvalue weighted by Crippen LogP contribution is -2.40. The molecule has 4 rings (SSSR count). The van der Waals surface area contributed by atoms with Gasteiger partial charge in [0.25, 0.3) is 0 Å². The summed E-state index contributed by atoms with van der Waals surface area (Å²) in [5.74, 6) is 1.98. The SMILES string of the molecule is O=C(CC1CCCCC1)N1CCC[C@@H](c2nc3ccccc3o2)C1. The van der Waals surface area contributed by atoms with Crippen LogP contribution in [0.2, 0.25) is 0 Å². The van der Waals surface area contributed by atoms with Crippen molar-refractivity contribution in [3.8, 4) is 0 Å². The number of hydrogen-bond acceptors (Lipinski definition) is 3. The summed E-state index contributed by atoms with van der Waals surface area (Å²) in [6.45, 7) is 1.65. The predicted molar refractivity (Wildman–Crippen MR) is 93.8 cm³/mol. The van der Waals surface area contributed by atoms with E-state index in [-0.39, 0.29) is 5.92 Å². The lowest BCUT2D eigenvalue weighted by atomic mass is 9.86. The number of likely N-dealkylation sites (tertiary alicyclic amines) is 1. The van der Waals surface area contributed by atoms with Gasteiger partial charge >= 0.3 is 0 Å². The first-order valence-corrected chi connectivity index (χ1v) is 9.43. The van der Waals surface area contributed by atoms with Crippen molar-refractivity contribution < 1.29 is 9.21 Å². The highest BCUT2D eigenvalue weighted by Gasteiger charge is 2.29. The molecule has 2 fully saturated rings. The number of oxazole rings is 1. The minimum absolute atomic E-state index is 0.237. The van der Waals surface area contributed by atoms with Crippen molar-refractivity contribution in [3.05, 3.63) is 30.2 Å². The van der Waals surface area contributed by atoms with Gasteiger partial charge in [0.2, 0.25) is 5.91 Å². The smallest absolute Gasteiger partial charge is 0.222 e. The molecule has 1 aliphatic carbocycles. The summed E-state index contributed by atoms with van der Waals surface area (Å²) in [6.07, 6.45) is 9.23. The molecule has 0 unspecified atom stereocenters. The van der Waals surface area contributed by atoms with Gasteiger partial charge < -0.3 is 9.32 Å². The van der Waals surface area contributed by atoms with E-state index in [2.05, 4.69) is 9.88 Å². The molecule has 128 valence electrons. The Labute approximate surface area is 143 Å². The first-order valence-electron chi connectivity index (χ1n) is 9.43. The molecule has 0 spiro atoms. The molecular formula is C20H26N2O2. The molecule has 24 heavy (non-hydrogen) atoms. The molecule has 1 amide bonds. The van der Waals surface area contributed by atoms with Crippen LogP contribution in [-0.2, 0) is 4.79 Å². The third-order valence-electron chi connectivity index (χ3n) is 5.62. The molecule has 0 N–H and O–H groups in total. The number of piperidine rings is 1. The summed E-state index contributed by atoms with van der Waals surface area (Å²) in [7, 11) is 0. The second-order valence-corrected chi connectivity index (χ2v) is 7.41. The average molecular weight is 326 g/mol. The summed E-state index contributed by atoms with van der Waals surface area (Å²) in [5, 5.41) is 0. The Kier molecular flexibility index (Phi) is 4.54. The number of hydrogen-bond donors (Lipinski definition) is 0. The number of carbonyl (C=O) groups excluding carboxylic acids is 1. The summed E-state index contributed by atoms with van der Waals surface area (Å²) in [5.41, 5.74) is 1.76. The summed E-state index contributed by atoms with van der Waals surface area (Å²) in [6, 6.07) is 7.89. The molecule has 0 bridgehead atoms. The van der Waals surface area contributed by atoms with Crippen molar-refractivity contribution in [2.24, 2.45) is 5.92 Å². The van der Waals surface area contributed by atoms with Crippen molar-refractivity contribution in [3.63, 3.8) is 0 Å². The van der Waals surface area contributed by atoms with Gasteiger partial charge in [-0.3, -0.25) is 4.79 Å². The van der Waals surface area contributed by atoms with Crippen LogP contribution in [0, 0.1) is 5.92 Å². The maximum Gasteiger partial charge on any atom is 0.222 e. The van der Waals surface area contributed by atoms with Gasteiger partial charge in [-0.1, -0.05) is 31.4 Å². The topological polar surface area (TPSA) is 46.3 Å². The van der Waals surface area contributed by atoms with E-state index in [1.165, 1.54) is 32.1 Å². The highest BCUT2D eigenvalue weighted by molar-refractivity contribution is 5.76. The van der Waals surface area contributed by atoms with E-state index in [1.807, 2.05) is 24.3 Å². The lowest BCUT2D eigenvalue weighted by Gasteiger charge is -2.33. The average Bonchev–Trinajstić information content (AvgIpc) is 3.07. The maximum atomic E-state index is 12.7. The fraction of sp³-hybridized carbons (Fsp3) is 0.600. The van der Waals surface area contributed by atoms with E-state index in [9.17, 15) is 4.79 Å². The van der Waals surface area contributed by atoms with E-state index >= 15 is 0 Å². The van der Waals surface area contributed by atoms with Gasteiger partial charge in [-0.15, -0.1) is 0 Å². The van der Waals surface area contributed by atoms with Crippen molar-refractivity contribution in [2.45, 2.75) is 57.3 Å². The zero-order chi connectivity index (χ0) is 16.4. The molecule has 1 atom stereocenters. The first kappa shape index (κ1) is 15.7. The van der Waals surface area contributed by atoms with E-state index in [1.54, 1.807) is 0 Å². The van der Waals surface area contributed by atoms with Crippen LogP contribution >= 0.6 is 0 Å². The number of fused-ring (bicyclic) bond motifs is 1. The molecular weight excluding hydrogens is 300 g/mol. The third-order valence-corrected chi connectivity index (χ3v) is 5.62. The predicted octanol–water partition coefficient (Wildman–Crippen LogP) is 4.50. The van der Waals surface area contributed by atoms with Crippen LogP contribution in [0.5, 0.6) is 0 Å². The Morgan fingerprint density at radius 2 is 1.96 bits per heavy atom. The zero-order valence-electron chi connectivity index (χ0n) is 14.2. The zero-order valence-corrected chi connectivity index (χ0v) is 14.2. The van der Waals surface area contributed by atoms with Crippen LogP contribution < -0.4 is 0 Å². The quantitative estimate of drug-likeness (QED) is 0.834. The number of aromatic nitrogens is 1. The van der Waals surface area contributed by atoms with E-state index in [0.29, 0.717) is 11.8 Å². The van der Waals surface area contributed by atoms with E-state index in [0.717, 1.165) is 49.3 Å². The van der Waals surface area contributed by atoms with Crippen molar-refractivity contribution in [1.29, 1.82) is 0 Å². The summed E-state index contributed by atoms with van der Waals surface area (Å²) in [4.78, 5) is 19.4. The number of rotatable bonds is 3. The second-order valence-electron chi connectivity index (χ2n) is 7.41. The summed E-state index contributed by atoms with van der Waals surface area (Å²) < 4.78 is 5.94. The van der Waals surface area contributed by atoms with Gasteiger partial charge in [0.15, 0.2) is 11.5 Å². The Hall–Kier alpha value is -1.84. The van der Waals surface area contributed by atoms with Gasteiger partial charge in [-0.2, -0.15) is 0 Å². The Morgan fingerprint density at radius 3 is 2.79 bits per heavy atom. The number of amides is 1. The van der Waals surface area contributed by atoms with Crippen LogP contribution in [0.3, 0.4) is 0 Å². The minimum atomic E-state index is 0.237. The van der Waals surface area contributed by atoms with Crippen LogP contribution in [0.15, 0.2) is 28.7 Å². The Bertz CT molecular complexity index is 669. The molecule has 4 heteroatoms. The van der Waals surface area contributed by atoms with Gasteiger partial charge in [0.05, 0.1) is 5.92 Å². The number of para-hydroxylation sites is 2. The van der Waals surface area contributed by atoms with E-state index in [4.69, 9.17) is 4.42 Å². The number of nitrogens with zero attached hydrogens (tertiary/aromatic N) is 2. The van der Waals surface area contributed by atoms with Crippen molar-refractivity contribution in [1.82, 2.24) is 9.88 Å². The van der Waals surface area contributed by atoms with Crippen molar-refractivity contribution >= 4 is 17.0 Å². The molecule has 2 aliphatic rings. The van der Waals surface area contributed by atoms with Crippen LogP contribution in [0.1, 0.15) is 63.2 Å². The fourth-order valence-electron chi connectivity index (χ4n) is 4.24. The van der Waals surface area contributed by atoms with Gasteiger partial charge in [0.1, 0.15) is 5.52 Å². The highest BCUT2D eigenvalue weighted by atomic mass is 16.3. The largest absolute Gasteiger partial charge is 0.440 e. The molecule has 1 aromatic heterocycles. The second kappa shape index (κ2) is 6.96.